The Morgan fingerprint density at radius 1 is 1.29 bits per heavy atom. The summed E-state index contributed by atoms with van der Waals surface area (Å²) in [5, 5.41) is 11.9. The second-order valence-electron chi connectivity index (χ2n) is 6.53. The van der Waals surface area contributed by atoms with E-state index in [4.69, 9.17) is 12.2 Å². The molecule has 28 heavy (non-hydrogen) atoms. The summed E-state index contributed by atoms with van der Waals surface area (Å²) >= 11 is 6.85. The maximum absolute atomic E-state index is 12.8. The van der Waals surface area contributed by atoms with Gasteiger partial charge in [0, 0.05) is 19.8 Å². The predicted molar refractivity (Wildman–Crippen MR) is 113 cm³/mol. The van der Waals surface area contributed by atoms with Gasteiger partial charge in [0.15, 0.2) is 10.6 Å². The summed E-state index contributed by atoms with van der Waals surface area (Å²) in [5.74, 6) is 0.466. The van der Waals surface area contributed by atoms with Gasteiger partial charge in [0.05, 0.1) is 11.3 Å². The fourth-order valence-corrected chi connectivity index (χ4v) is 3.65. The van der Waals surface area contributed by atoms with E-state index in [2.05, 4.69) is 15.5 Å². The summed E-state index contributed by atoms with van der Waals surface area (Å²) in [4.78, 5) is 27.0. The van der Waals surface area contributed by atoms with Crippen LogP contribution in [0.25, 0.3) is 10.7 Å². The van der Waals surface area contributed by atoms with Crippen molar-refractivity contribution in [2.75, 3.05) is 19.4 Å². The minimum Gasteiger partial charge on any atom is -0.349 e. The summed E-state index contributed by atoms with van der Waals surface area (Å²) < 4.78 is 2.10. The lowest BCUT2D eigenvalue weighted by Crippen LogP contribution is -2.24. The maximum Gasteiger partial charge on any atom is 0.247 e. The number of carbonyl (C=O) groups is 2. The number of aromatic amines is 1. The Labute approximate surface area is 172 Å². The number of aromatic nitrogens is 3. The van der Waals surface area contributed by atoms with Crippen LogP contribution in [0.4, 0.5) is 5.69 Å². The lowest BCUT2D eigenvalue weighted by Gasteiger charge is -2.15. The maximum atomic E-state index is 12.8. The van der Waals surface area contributed by atoms with Gasteiger partial charge in [-0.3, -0.25) is 19.3 Å². The molecule has 0 fully saturated rings. The number of hydrogen-bond donors (Lipinski definition) is 2. The van der Waals surface area contributed by atoms with Crippen LogP contribution >= 0.6 is 23.6 Å². The first kappa shape index (κ1) is 20.0. The monoisotopic (exact) mass is 415 g/mol. The molecule has 0 aliphatic carbocycles. The van der Waals surface area contributed by atoms with Gasteiger partial charge in [-0.05, 0) is 48.3 Å². The normalized spacial score (nSPS) is 11.8. The number of hydrogen-bond acceptors (Lipinski definition) is 5. The zero-order chi connectivity index (χ0) is 20.3. The van der Waals surface area contributed by atoms with Gasteiger partial charge in [-0.25, -0.2) is 0 Å². The first-order valence-electron chi connectivity index (χ1n) is 8.67. The van der Waals surface area contributed by atoms with Gasteiger partial charge in [0.1, 0.15) is 6.04 Å². The smallest absolute Gasteiger partial charge is 0.247 e. The fraction of sp³-hybridized carbons (Fsp3) is 0.263. The van der Waals surface area contributed by atoms with E-state index in [1.165, 1.54) is 11.3 Å². The third-order valence-corrected chi connectivity index (χ3v) is 5.44. The van der Waals surface area contributed by atoms with Crippen molar-refractivity contribution in [3.63, 3.8) is 0 Å². The van der Waals surface area contributed by atoms with Crippen LogP contribution < -0.4 is 5.32 Å². The molecule has 9 heteroatoms. The zero-order valence-electron chi connectivity index (χ0n) is 15.8. The topological polar surface area (TPSA) is 83.0 Å². The van der Waals surface area contributed by atoms with E-state index in [0.717, 1.165) is 10.4 Å². The van der Waals surface area contributed by atoms with Gasteiger partial charge in [-0.2, -0.15) is 5.10 Å². The predicted octanol–water partition coefficient (Wildman–Crippen LogP) is 3.50. The van der Waals surface area contributed by atoms with E-state index in [0.29, 0.717) is 22.7 Å². The molecule has 2 heterocycles. The third-order valence-electron chi connectivity index (χ3n) is 4.29. The van der Waals surface area contributed by atoms with Crippen LogP contribution in [0.2, 0.25) is 0 Å². The molecule has 1 aromatic carbocycles. The lowest BCUT2D eigenvalue weighted by molar-refractivity contribution is -0.128. The van der Waals surface area contributed by atoms with Gasteiger partial charge >= 0.3 is 0 Å². The van der Waals surface area contributed by atoms with Crippen LogP contribution in [0.5, 0.6) is 0 Å². The Hall–Kier alpha value is -2.78. The van der Waals surface area contributed by atoms with Crippen molar-refractivity contribution in [1.82, 2.24) is 19.7 Å². The van der Waals surface area contributed by atoms with Crippen molar-refractivity contribution in [2.24, 2.45) is 0 Å². The number of anilines is 1. The highest BCUT2D eigenvalue weighted by Gasteiger charge is 2.21. The van der Waals surface area contributed by atoms with Gasteiger partial charge in [-0.1, -0.05) is 18.2 Å². The number of thiophene rings is 1. The minimum atomic E-state index is -0.543. The molecule has 2 aromatic heterocycles. The molecule has 0 radical (unpaired) electrons. The first-order chi connectivity index (χ1) is 13.4. The third kappa shape index (κ3) is 4.37. The van der Waals surface area contributed by atoms with E-state index >= 15 is 0 Å². The largest absolute Gasteiger partial charge is 0.349 e. The summed E-state index contributed by atoms with van der Waals surface area (Å²) in [6, 6.07) is 10.6. The molecule has 0 spiro atoms. The number of benzene rings is 1. The average molecular weight is 416 g/mol. The van der Waals surface area contributed by atoms with Crippen LogP contribution in [-0.2, 0) is 16.0 Å². The molecule has 0 saturated carbocycles. The van der Waals surface area contributed by atoms with Crippen molar-refractivity contribution in [1.29, 1.82) is 0 Å². The van der Waals surface area contributed by atoms with Crippen molar-refractivity contribution in [3.8, 4) is 10.7 Å². The molecule has 7 nitrogen and oxygen atoms in total. The minimum absolute atomic E-state index is 0.0286. The number of rotatable bonds is 6. The van der Waals surface area contributed by atoms with E-state index < -0.39 is 6.04 Å². The first-order valence-corrected chi connectivity index (χ1v) is 9.96. The average Bonchev–Trinajstić information content (AvgIpc) is 3.32. The van der Waals surface area contributed by atoms with E-state index in [9.17, 15) is 9.59 Å². The molecule has 0 bridgehead atoms. The number of nitrogens with one attached hydrogen (secondary N) is 2. The summed E-state index contributed by atoms with van der Waals surface area (Å²) in [6.45, 7) is 1.78. The molecule has 1 atom stereocenters. The Morgan fingerprint density at radius 2 is 2.00 bits per heavy atom. The van der Waals surface area contributed by atoms with Crippen LogP contribution in [-0.4, -0.2) is 45.6 Å². The Bertz CT molecular complexity index is 1020. The van der Waals surface area contributed by atoms with Crippen molar-refractivity contribution in [2.45, 2.75) is 19.4 Å². The molecular weight excluding hydrogens is 394 g/mol. The molecule has 2 N–H and O–H groups in total. The van der Waals surface area contributed by atoms with Crippen molar-refractivity contribution < 1.29 is 9.59 Å². The lowest BCUT2D eigenvalue weighted by atomic mass is 10.1. The van der Waals surface area contributed by atoms with Crippen molar-refractivity contribution >= 4 is 41.1 Å². The number of carbonyl (C=O) groups excluding carboxylic acids is 2. The summed E-state index contributed by atoms with van der Waals surface area (Å²) in [6.07, 6.45) is 0.325. The van der Waals surface area contributed by atoms with E-state index in [1.54, 1.807) is 42.6 Å². The van der Waals surface area contributed by atoms with Crippen LogP contribution in [0.1, 0.15) is 18.5 Å². The molecule has 2 amide bonds. The highest BCUT2D eigenvalue weighted by atomic mass is 32.1. The zero-order valence-corrected chi connectivity index (χ0v) is 17.4. The summed E-state index contributed by atoms with van der Waals surface area (Å²) in [7, 11) is 3.45. The quantitative estimate of drug-likeness (QED) is 0.604. The highest BCUT2D eigenvalue weighted by Crippen LogP contribution is 2.26. The molecule has 0 saturated heterocycles. The second kappa shape index (κ2) is 8.49. The molecular formula is C19H21N5O2S2. The van der Waals surface area contributed by atoms with E-state index in [-0.39, 0.29) is 11.8 Å². The Morgan fingerprint density at radius 3 is 2.61 bits per heavy atom. The molecule has 0 aliphatic rings. The highest BCUT2D eigenvalue weighted by molar-refractivity contribution is 7.71. The van der Waals surface area contributed by atoms with Gasteiger partial charge in [0.2, 0.25) is 11.8 Å². The van der Waals surface area contributed by atoms with Gasteiger partial charge in [-0.15, -0.1) is 11.3 Å². The van der Waals surface area contributed by atoms with Crippen LogP contribution in [0.15, 0.2) is 41.8 Å². The van der Waals surface area contributed by atoms with Crippen LogP contribution in [0, 0.1) is 4.77 Å². The number of nitrogens with zero attached hydrogens (tertiary/aromatic N) is 3. The molecule has 3 rings (SSSR count). The Balaban J connectivity index is 1.73. The SMILES string of the molecule is CC(C(=O)Nc1ccc(CC(=O)N(C)C)cc1)n1c(-c2cccs2)n[nH]c1=S. The van der Waals surface area contributed by atoms with Crippen LogP contribution in [0.3, 0.4) is 0 Å². The fourth-order valence-electron chi connectivity index (χ4n) is 2.65. The number of likely N-dealkylation sites (N-methyl/N-ethyl adjacent to an activating group) is 1. The standard InChI is InChI=1S/C19H21N5O2S2/c1-12(24-17(21-22-19(24)27)15-5-4-10-28-15)18(26)20-14-8-6-13(7-9-14)11-16(25)23(2)3/h4-10,12H,11H2,1-3H3,(H,20,26)(H,22,27). The molecule has 0 aliphatic heterocycles. The number of H-pyrrole nitrogens is 1. The second-order valence-corrected chi connectivity index (χ2v) is 7.86. The molecule has 146 valence electrons. The Kier molecular flexibility index (Phi) is 6.05. The summed E-state index contributed by atoms with van der Waals surface area (Å²) in [5.41, 5.74) is 1.55. The van der Waals surface area contributed by atoms with E-state index in [1.807, 2.05) is 29.6 Å². The number of amides is 2. The molecule has 3 aromatic rings. The van der Waals surface area contributed by atoms with Gasteiger partial charge < -0.3 is 10.2 Å². The molecule has 1 unspecified atom stereocenters. The van der Waals surface area contributed by atoms with Gasteiger partial charge in [0.25, 0.3) is 0 Å². The van der Waals surface area contributed by atoms with Crippen molar-refractivity contribution in [3.05, 3.63) is 52.1 Å².